The van der Waals surface area contributed by atoms with Crippen LogP contribution in [-0.2, 0) is 37.9 Å². The standard InChI is InChI=1S/C33H68O8/c1-3-5-7-8-9-10-11-12-13-14-15-16-17-19-35-21-23-37-25-27-39-29-31-41-33-32-40-30-28-38-26-24-36-22-20-34-18-6-4-2/h3-33H2,1-2H3. The Bertz CT molecular complexity index is 403. The van der Waals surface area contributed by atoms with E-state index < -0.39 is 0 Å². The number of hydrogen-bond donors (Lipinski definition) is 0. The molecule has 0 unspecified atom stereocenters. The highest BCUT2D eigenvalue weighted by atomic mass is 16.6. The molecule has 248 valence electrons. The minimum atomic E-state index is 0.553. The van der Waals surface area contributed by atoms with Crippen molar-refractivity contribution in [3.63, 3.8) is 0 Å². The normalized spacial score (nSPS) is 11.6. The summed E-state index contributed by atoms with van der Waals surface area (Å²) in [5, 5.41) is 0. The SMILES string of the molecule is CCCCCCCCCCCCCCCOCCOCCOCCOCCOCCOCCOCCOCCCC. The highest BCUT2D eigenvalue weighted by Crippen LogP contribution is 2.12. The van der Waals surface area contributed by atoms with Gasteiger partial charge in [-0.25, -0.2) is 0 Å². The summed E-state index contributed by atoms with van der Waals surface area (Å²) in [6.07, 6.45) is 20.1. The Morgan fingerprint density at radius 2 is 0.390 bits per heavy atom. The molecule has 0 amide bonds. The van der Waals surface area contributed by atoms with Crippen LogP contribution in [0.15, 0.2) is 0 Å². The van der Waals surface area contributed by atoms with Gasteiger partial charge in [-0.3, -0.25) is 0 Å². The molecule has 0 heterocycles. The lowest BCUT2D eigenvalue weighted by Gasteiger charge is -2.08. The zero-order valence-corrected chi connectivity index (χ0v) is 27.2. The molecule has 0 aromatic rings. The minimum absolute atomic E-state index is 0.553. The van der Waals surface area contributed by atoms with E-state index in [0.29, 0.717) is 92.5 Å². The second-order valence-electron chi connectivity index (χ2n) is 10.5. The zero-order chi connectivity index (χ0) is 29.6. The maximum absolute atomic E-state index is 5.67. The van der Waals surface area contributed by atoms with Gasteiger partial charge in [0.1, 0.15) is 0 Å². The quantitative estimate of drug-likeness (QED) is 0.0709. The first kappa shape index (κ1) is 40.7. The fraction of sp³-hybridized carbons (Fsp3) is 1.00. The Labute approximate surface area is 253 Å². The van der Waals surface area contributed by atoms with E-state index in [4.69, 9.17) is 37.9 Å². The molecule has 0 aliphatic carbocycles. The molecule has 0 aliphatic rings. The summed E-state index contributed by atoms with van der Waals surface area (Å²) in [5.41, 5.74) is 0. The van der Waals surface area contributed by atoms with Crippen LogP contribution in [-0.4, -0.2) is 106 Å². The molecule has 0 aliphatic heterocycles. The highest BCUT2D eigenvalue weighted by Gasteiger charge is 1.97. The minimum Gasteiger partial charge on any atom is -0.379 e. The van der Waals surface area contributed by atoms with Gasteiger partial charge in [-0.05, 0) is 12.8 Å². The number of rotatable bonds is 38. The fourth-order valence-corrected chi connectivity index (χ4v) is 4.11. The lowest BCUT2D eigenvalue weighted by molar-refractivity contribution is -0.0232. The molecule has 0 N–H and O–H groups in total. The first-order valence-corrected chi connectivity index (χ1v) is 17.0. The average molecular weight is 593 g/mol. The van der Waals surface area contributed by atoms with Crippen LogP contribution in [0.1, 0.15) is 110 Å². The van der Waals surface area contributed by atoms with Gasteiger partial charge in [0.25, 0.3) is 0 Å². The monoisotopic (exact) mass is 592 g/mol. The van der Waals surface area contributed by atoms with Crippen LogP contribution in [0.3, 0.4) is 0 Å². The van der Waals surface area contributed by atoms with Crippen LogP contribution in [0, 0.1) is 0 Å². The lowest BCUT2D eigenvalue weighted by Crippen LogP contribution is -2.15. The summed E-state index contributed by atoms with van der Waals surface area (Å²) in [7, 11) is 0. The van der Waals surface area contributed by atoms with Gasteiger partial charge in [0.05, 0.1) is 92.5 Å². The zero-order valence-electron chi connectivity index (χ0n) is 27.2. The van der Waals surface area contributed by atoms with Gasteiger partial charge in [0.15, 0.2) is 0 Å². The molecule has 0 saturated heterocycles. The van der Waals surface area contributed by atoms with Crippen molar-refractivity contribution in [2.24, 2.45) is 0 Å². The van der Waals surface area contributed by atoms with Crippen molar-refractivity contribution in [1.29, 1.82) is 0 Å². The van der Waals surface area contributed by atoms with Gasteiger partial charge in [-0.15, -0.1) is 0 Å². The van der Waals surface area contributed by atoms with Crippen molar-refractivity contribution >= 4 is 0 Å². The molecule has 0 atom stereocenters. The van der Waals surface area contributed by atoms with E-state index in [2.05, 4.69) is 13.8 Å². The lowest BCUT2D eigenvalue weighted by atomic mass is 10.0. The van der Waals surface area contributed by atoms with E-state index in [1.165, 1.54) is 77.0 Å². The molecular weight excluding hydrogens is 524 g/mol. The van der Waals surface area contributed by atoms with Crippen LogP contribution in [0.25, 0.3) is 0 Å². The van der Waals surface area contributed by atoms with Crippen LogP contribution >= 0.6 is 0 Å². The third-order valence-electron chi connectivity index (χ3n) is 6.64. The molecule has 0 rings (SSSR count). The van der Waals surface area contributed by atoms with Gasteiger partial charge in [-0.2, -0.15) is 0 Å². The number of ether oxygens (including phenoxy) is 8. The van der Waals surface area contributed by atoms with Gasteiger partial charge in [-0.1, -0.05) is 97.3 Å². The van der Waals surface area contributed by atoms with Crippen molar-refractivity contribution < 1.29 is 37.9 Å². The molecule has 0 fully saturated rings. The van der Waals surface area contributed by atoms with Crippen molar-refractivity contribution in [3.8, 4) is 0 Å². The molecule has 0 aromatic carbocycles. The highest BCUT2D eigenvalue weighted by molar-refractivity contribution is 4.49. The fourth-order valence-electron chi connectivity index (χ4n) is 4.11. The molecule has 8 heteroatoms. The summed E-state index contributed by atoms with van der Waals surface area (Å²) in [6, 6.07) is 0. The van der Waals surface area contributed by atoms with E-state index >= 15 is 0 Å². The summed E-state index contributed by atoms with van der Waals surface area (Å²) >= 11 is 0. The molecule has 0 radical (unpaired) electrons. The summed E-state index contributed by atoms with van der Waals surface area (Å²) in [6.45, 7) is 14.3. The predicted octanol–water partition coefficient (Wildman–Crippen LogP) is 7.01. The molecule has 0 saturated carbocycles. The second kappa shape index (κ2) is 39.7. The van der Waals surface area contributed by atoms with Crippen LogP contribution < -0.4 is 0 Å². The predicted molar refractivity (Wildman–Crippen MR) is 167 cm³/mol. The number of unbranched alkanes of at least 4 members (excludes halogenated alkanes) is 13. The van der Waals surface area contributed by atoms with Crippen LogP contribution in [0.5, 0.6) is 0 Å². The van der Waals surface area contributed by atoms with E-state index in [0.717, 1.165) is 32.5 Å². The van der Waals surface area contributed by atoms with E-state index in [9.17, 15) is 0 Å². The summed E-state index contributed by atoms with van der Waals surface area (Å²) in [4.78, 5) is 0. The molecular formula is C33H68O8. The first-order valence-electron chi connectivity index (χ1n) is 17.0. The third kappa shape index (κ3) is 39.7. The van der Waals surface area contributed by atoms with Gasteiger partial charge < -0.3 is 37.9 Å². The number of hydrogen-bond acceptors (Lipinski definition) is 8. The molecule has 41 heavy (non-hydrogen) atoms. The second-order valence-corrected chi connectivity index (χ2v) is 10.5. The molecule has 8 nitrogen and oxygen atoms in total. The summed E-state index contributed by atoms with van der Waals surface area (Å²) in [5.74, 6) is 0. The third-order valence-corrected chi connectivity index (χ3v) is 6.64. The van der Waals surface area contributed by atoms with Gasteiger partial charge in [0.2, 0.25) is 0 Å². The van der Waals surface area contributed by atoms with Crippen molar-refractivity contribution in [2.45, 2.75) is 110 Å². The van der Waals surface area contributed by atoms with Crippen molar-refractivity contribution in [2.75, 3.05) is 106 Å². The molecule has 0 bridgehead atoms. The molecule has 0 spiro atoms. The van der Waals surface area contributed by atoms with Crippen molar-refractivity contribution in [1.82, 2.24) is 0 Å². The van der Waals surface area contributed by atoms with Crippen LogP contribution in [0.2, 0.25) is 0 Å². The Hall–Kier alpha value is -0.320. The smallest absolute Gasteiger partial charge is 0.0701 e. The maximum Gasteiger partial charge on any atom is 0.0701 e. The van der Waals surface area contributed by atoms with E-state index in [1.807, 2.05) is 0 Å². The Morgan fingerprint density at radius 1 is 0.195 bits per heavy atom. The topological polar surface area (TPSA) is 73.8 Å². The largest absolute Gasteiger partial charge is 0.379 e. The Kier molecular flexibility index (Phi) is 39.4. The Morgan fingerprint density at radius 3 is 0.659 bits per heavy atom. The molecule has 0 aromatic heterocycles. The van der Waals surface area contributed by atoms with Gasteiger partial charge in [0, 0.05) is 13.2 Å². The Balaban J connectivity index is 3.02. The van der Waals surface area contributed by atoms with E-state index in [1.54, 1.807) is 0 Å². The van der Waals surface area contributed by atoms with Crippen LogP contribution in [0.4, 0.5) is 0 Å². The summed E-state index contributed by atoms with van der Waals surface area (Å²) < 4.78 is 44.1. The van der Waals surface area contributed by atoms with Crippen molar-refractivity contribution in [3.05, 3.63) is 0 Å². The average Bonchev–Trinajstić information content (AvgIpc) is 2.98. The first-order chi connectivity index (χ1) is 20.4. The van der Waals surface area contributed by atoms with E-state index in [-0.39, 0.29) is 0 Å². The van der Waals surface area contributed by atoms with Gasteiger partial charge >= 0.3 is 0 Å². The maximum atomic E-state index is 5.67.